The molecule has 1 amide bonds. The fraction of sp³-hybridized carbons (Fsp3) is 0.188. The Morgan fingerprint density at radius 1 is 1.22 bits per heavy atom. The molecular formula is C16H15F2N3O5S. The molecule has 0 aliphatic rings. The first-order valence-corrected chi connectivity index (χ1v) is 9.32. The van der Waals surface area contributed by atoms with Crippen molar-refractivity contribution in [2.24, 2.45) is 0 Å². The second kappa shape index (κ2) is 7.66. The van der Waals surface area contributed by atoms with Crippen molar-refractivity contribution in [3.05, 3.63) is 63.7 Å². The second-order valence-corrected chi connectivity index (χ2v) is 7.55. The van der Waals surface area contributed by atoms with Crippen molar-refractivity contribution < 1.29 is 26.9 Å². The number of hydrogen-bond acceptors (Lipinski definition) is 5. The Hall–Kier alpha value is -3.08. The number of non-ortho nitro benzene ring substituents is 1. The van der Waals surface area contributed by atoms with Gasteiger partial charge in [-0.1, -0.05) is 12.1 Å². The number of anilines is 2. The molecule has 0 atom stereocenters. The van der Waals surface area contributed by atoms with Crippen LogP contribution in [-0.2, 0) is 14.8 Å². The summed E-state index contributed by atoms with van der Waals surface area (Å²) in [6.07, 6.45) is 0.808. The van der Waals surface area contributed by atoms with E-state index in [0.29, 0.717) is 9.87 Å². The van der Waals surface area contributed by atoms with E-state index in [1.54, 1.807) is 0 Å². The summed E-state index contributed by atoms with van der Waals surface area (Å²) in [4.78, 5) is 22.4. The van der Waals surface area contributed by atoms with Crippen LogP contribution >= 0.6 is 0 Å². The molecule has 1 N–H and O–H groups in total. The van der Waals surface area contributed by atoms with Crippen LogP contribution in [0.25, 0.3) is 0 Å². The Bertz CT molecular complexity index is 991. The van der Waals surface area contributed by atoms with Crippen molar-refractivity contribution in [1.29, 1.82) is 0 Å². The van der Waals surface area contributed by atoms with Gasteiger partial charge in [-0.2, -0.15) is 0 Å². The van der Waals surface area contributed by atoms with Crippen molar-refractivity contribution in [3.63, 3.8) is 0 Å². The van der Waals surface area contributed by atoms with Gasteiger partial charge in [-0.25, -0.2) is 17.2 Å². The maximum atomic E-state index is 13.6. The number of sulfonamides is 1. The van der Waals surface area contributed by atoms with E-state index in [-0.39, 0.29) is 11.4 Å². The zero-order valence-electron chi connectivity index (χ0n) is 14.3. The van der Waals surface area contributed by atoms with E-state index < -0.39 is 44.7 Å². The molecular weight excluding hydrogens is 384 g/mol. The lowest BCUT2D eigenvalue weighted by Crippen LogP contribution is -2.38. The minimum absolute atomic E-state index is 0.0872. The molecule has 8 nitrogen and oxygen atoms in total. The van der Waals surface area contributed by atoms with Crippen LogP contribution in [0.15, 0.2) is 36.4 Å². The van der Waals surface area contributed by atoms with Gasteiger partial charge in [-0.3, -0.25) is 19.2 Å². The summed E-state index contributed by atoms with van der Waals surface area (Å²) in [5.41, 5.74) is -0.816. The lowest BCUT2D eigenvalue weighted by molar-refractivity contribution is -0.384. The lowest BCUT2D eigenvalue weighted by atomic mass is 10.2. The van der Waals surface area contributed by atoms with Crippen LogP contribution in [0.3, 0.4) is 0 Å². The SMILES string of the molecule is Cc1ccc([N+](=O)[O-])cc1N(CC(=O)Nc1c(F)cccc1F)S(C)(=O)=O. The molecule has 0 aliphatic heterocycles. The van der Waals surface area contributed by atoms with Gasteiger partial charge in [0.1, 0.15) is 23.9 Å². The van der Waals surface area contributed by atoms with Gasteiger partial charge >= 0.3 is 0 Å². The highest BCUT2D eigenvalue weighted by Crippen LogP contribution is 2.27. The number of nitro benzene ring substituents is 1. The van der Waals surface area contributed by atoms with Gasteiger partial charge in [-0.05, 0) is 24.6 Å². The lowest BCUT2D eigenvalue weighted by Gasteiger charge is -2.23. The van der Waals surface area contributed by atoms with Crippen LogP contribution in [0.4, 0.5) is 25.8 Å². The summed E-state index contributed by atoms with van der Waals surface area (Å²) in [7, 11) is -4.03. The molecule has 0 saturated carbocycles. The number of amides is 1. The van der Waals surface area contributed by atoms with E-state index in [1.165, 1.54) is 19.1 Å². The third kappa shape index (κ3) is 4.76. The summed E-state index contributed by atoms with van der Waals surface area (Å²) in [5.74, 6) is -3.07. The molecule has 0 radical (unpaired) electrons. The maximum Gasteiger partial charge on any atom is 0.271 e. The highest BCUT2D eigenvalue weighted by Gasteiger charge is 2.25. The predicted molar refractivity (Wildman–Crippen MR) is 95.0 cm³/mol. The van der Waals surface area contributed by atoms with Gasteiger partial charge in [0.25, 0.3) is 5.69 Å². The average molecular weight is 399 g/mol. The van der Waals surface area contributed by atoms with Crippen molar-refractivity contribution in [3.8, 4) is 0 Å². The van der Waals surface area contributed by atoms with Crippen LogP contribution < -0.4 is 9.62 Å². The molecule has 27 heavy (non-hydrogen) atoms. The fourth-order valence-corrected chi connectivity index (χ4v) is 3.19. The minimum Gasteiger partial charge on any atom is -0.320 e. The van der Waals surface area contributed by atoms with Gasteiger partial charge in [-0.15, -0.1) is 0 Å². The third-order valence-corrected chi connectivity index (χ3v) is 4.71. The number of nitro groups is 1. The number of carbonyl (C=O) groups is 1. The summed E-state index contributed by atoms with van der Waals surface area (Å²) < 4.78 is 52.2. The fourth-order valence-electron chi connectivity index (χ4n) is 2.29. The number of hydrogen-bond donors (Lipinski definition) is 1. The molecule has 0 spiro atoms. The van der Waals surface area contributed by atoms with E-state index >= 15 is 0 Å². The van der Waals surface area contributed by atoms with Crippen LogP contribution in [0, 0.1) is 28.7 Å². The zero-order valence-corrected chi connectivity index (χ0v) is 15.1. The van der Waals surface area contributed by atoms with Crippen LogP contribution in [0.1, 0.15) is 5.56 Å². The molecule has 11 heteroatoms. The zero-order chi connectivity index (χ0) is 20.4. The topological polar surface area (TPSA) is 110 Å². The highest BCUT2D eigenvalue weighted by molar-refractivity contribution is 7.92. The van der Waals surface area contributed by atoms with Crippen LogP contribution in [0.5, 0.6) is 0 Å². The quantitative estimate of drug-likeness (QED) is 0.593. The molecule has 0 bridgehead atoms. The van der Waals surface area contributed by atoms with Gasteiger partial charge < -0.3 is 5.32 Å². The first-order valence-electron chi connectivity index (χ1n) is 7.47. The Balaban J connectivity index is 2.38. The molecule has 2 aromatic carbocycles. The molecule has 0 fully saturated rings. The third-order valence-electron chi connectivity index (χ3n) is 3.59. The van der Waals surface area contributed by atoms with Crippen molar-refractivity contribution in [1.82, 2.24) is 0 Å². The Morgan fingerprint density at radius 2 is 1.81 bits per heavy atom. The van der Waals surface area contributed by atoms with E-state index in [4.69, 9.17) is 0 Å². The average Bonchev–Trinajstić information content (AvgIpc) is 2.55. The number of nitrogens with one attached hydrogen (secondary N) is 1. The van der Waals surface area contributed by atoms with Crippen molar-refractivity contribution in [2.75, 3.05) is 22.4 Å². The first kappa shape index (κ1) is 20.2. The number of rotatable bonds is 6. The van der Waals surface area contributed by atoms with Gasteiger partial charge in [0.15, 0.2) is 0 Å². The molecule has 0 aromatic heterocycles. The van der Waals surface area contributed by atoms with E-state index in [9.17, 15) is 32.1 Å². The predicted octanol–water partition coefficient (Wildman–Crippen LogP) is 2.59. The number of nitrogens with zero attached hydrogens (tertiary/aromatic N) is 2. The highest BCUT2D eigenvalue weighted by atomic mass is 32.2. The van der Waals surface area contributed by atoms with Crippen LogP contribution in [0.2, 0.25) is 0 Å². The number of aryl methyl sites for hydroxylation is 1. The van der Waals surface area contributed by atoms with Gasteiger partial charge in [0.05, 0.1) is 16.9 Å². The van der Waals surface area contributed by atoms with E-state index in [1.807, 2.05) is 5.32 Å². The standard InChI is InChI=1S/C16H15F2N3O5S/c1-10-6-7-11(21(23)24)8-14(10)20(27(2,25)26)9-15(22)19-16-12(17)4-3-5-13(16)18/h3-8H,9H2,1-2H3,(H,19,22). The molecule has 2 rings (SSSR count). The van der Waals surface area contributed by atoms with Gasteiger partial charge in [0, 0.05) is 12.1 Å². The number of carbonyl (C=O) groups excluding carboxylic acids is 1. The Labute approximate surface area is 153 Å². The number of halogens is 2. The molecule has 0 aliphatic carbocycles. The largest absolute Gasteiger partial charge is 0.320 e. The molecule has 0 saturated heterocycles. The minimum atomic E-state index is -4.03. The monoisotopic (exact) mass is 399 g/mol. The normalized spacial score (nSPS) is 11.1. The van der Waals surface area contributed by atoms with E-state index in [2.05, 4.69) is 0 Å². The smallest absolute Gasteiger partial charge is 0.271 e. The molecule has 0 heterocycles. The molecule has 144 valence electrons. The Morgan fingerprint density at radius 3 is 2.33 bits per heavy atom. The Kier molecular flexibility index (Phi) is 5.74. The summed E-state index contributed by atoms with van der Waals surface area (Å²) >= 11 is 0. The number of benzene rings is 2. The molecule has 0 unspecified atom stereocenters. The van der Waals surface area contributed by atoms with Gasteiger partial charge in [0.2, 0.25) is 15.9 Å². The van der Waals surface area contributed by atoms with Crippen molar-refractivity contribution >= 4 is 33.0 Å². The van der Waals surface area contributed by atoms with Crippen molar-refractivity contribution in [2.45, 2.75) is 6.92 Å². The summed E-state index contributed by atoms with van der Waals surface area (Å²) in [6.45, 7) is 0.681. The second-order valence-electron chi connectivity index (χ2n) is 5.64. The summed E-state index contributed by atoms with van der Waals surface area (Å²) in [6, 6.07) is 6.49. The number of para-hydroxylation sites is 1. The van der Waals surface area contributed by atoms with Crippen LogP contribution in [-0.4, -0.2) is 32.0 Å². The maximum absolute atomic E-state index is 13.6. The van der Waals surface area contributed by atoms with E-state index in [0.717, 1.165) is 30.5 Å². The first-order chi connectivity index (χ1) is 12.5. The summed E-state index contributed by atoms with van der Waals surface area (Å²) in [5, 5.41) is 12.9. The molecule has 2 aromatic rings.